The minimum atomic E-state index is -1.04. The van der Waals surface area contributed by atoms with Gasteiger partial charge in [-0.05, 0) is 24.8 Å². The lowest BCUT2D eigenvalue weighted by Gasteiger charge is -2.19. The molecule has 1 amide bonds. The Morgan fingerprint density at radius 2 is 2.00 bits per heavy atom. The number of nitrogens with one attached hydrogen (secondary N) is 1. The van der Waals surface area contributed by atoms with E-state index in [9.17, 15) is 9.59 Å². The smallest absolute Gasteiger partial charge is 0.326 e. The molecule has 0 bridgehead atoms. The lowest BCUT2D eigenvalue weighted by atomic mass is 9.94. The van der Waals surface area contributed by atoms with Gasteiger partial charge in [0, 0.05) is 26.6 Å². The van der Waals surface area contributed by atoms with Crippen molar-refractivity contribution in [2.75, 3.05) is 20.3 Å². The van der Waals surface area contributed by atoms with E-state index in [1.807, 2.05) is 0 Å². The molecule has 0 saturated carbocycles. The molecule has 6 heteroatoms. The van der Waals surface area contributed by atoms with E-state index in [-0.39, 0.29) is 24.7 Å². The molecule has 6 nitrogen and oxygen atoms in total. The second kappa shape index (κ2) is 9.75. The van der Waals surface area contributed by atoms with E-state index in [1.54, 1.807) is 0 Å². The highest BCUT2D eigenvalue weighted by molar-refractivity contribution is 5.83. The van der Waals surface area contributed by atoms with Crippen LogP contribution in [0.5, 0.6) is 0 Å². The Bertz CT molecular complexity index is 282. The maximum absolute atomic E-state index is 11.8. The van der Waals surface area contributed by atoms with Gasteiger partial charge in [0.1, 0.15) is 6.04 Å². The molecule has 0 aromatic rings. The Labute approximate surface area is 114 Å². The van der Waals surface area contributed by atoms with Crippen LogP contribution in [0, 0.1) is 11.8 Å². The topological polar surface area (TPSA) is 102 Å². The first-order valence-corrected chi connectivity index (χ1v) is 6.61. The first-order valence-electron chi connectivity index (χ1n) is 6.61. The minimum Gasteiger partial charge on any atom is -0.480 e. The summed E-state index contributed by atoms with van der Waals surface area (Å²) in [5.41, 5.74) is 5.62. The van der Waals surface area contributed by atoms with Gasteiger partial charge in [-0.1, -0.05) is 13.8 Å². The van der Waals surface area contributed by atoms with Crippen molar-refractivity contribution >= 4 is 11.9 Å². The van der Waals surface area contributed by atoms with Crippen molar-refractivity contribution in [3.8, 4) is 0 Å². The molecule has 0 aromatic heterocycles. The monoisotopic (exact) mass is 274 g/mol. The average molecular weight is 274 g/mol. The number of carbonyl (C=O) groups is 2. The Kier molecular flexibility index (Phi) is 9.16. The second-order valence-corrected chi connectivity index (χ2v) is 5.18. The molecule has 19 heavy (non-hydrogen) atoms. The number of rotatable bonds is 10. The molecular formula is C13H26N2O4. The van der Waals surface area contributed by atoms with Crippen LogP contribution in [0.4, 0.5) is 0 Å². The van der Waals surface area contributed by atoms with Crippen molar-refractivity contribution in [3.05, 3.63) is 0 Å². The lowest BCUT2D eigenvalue weighted by molar-refractivity contribution is -0.142. The highest BCUT2D eigenvalue weighted by atomic mass is 16.5. The van der Waals surface area contributed by atoms with Crippen LogP contribution in [0.2, 0.25) is 0 Å². The van der Waals surface area contributed by atoms with Crippen LogP contribution in [0.1, 0.15) is 33.1 Å². The zero-order valence-corrected chi connectivity index (χ0v) is 12.0. The standard InChI is InChI=1S/C13H26N2O4/c1-9(2)6-10(8-14)7-12(16)15-11(13(17)18)4-5-19-3/h9-11H,4-8,14H2,1-3H3,(H,15,16)(H,17,18). The number of amides is 1. The third-order valence-electron chi connectivity index (χ3n) is 2.86. The second-order valence-electron chi connectivity index (χ2n) is 5.18. The lowest BCUT2D eigenvalue weighted by Crippen LogP contribution is -2.42. The summed E-state index contributed by atoms with van der Waals surface area (Å²) in [6, 6.07) is -0.898. The summed E-state index contributed by atoms with van der Waals surface area (Å²) in [6.45, 7) is 4.86. The molecule has 0 aliphatic rings. The van der Waals surface area contributed by atoms with Gasteiger partial charge in [-0.15, -0.1) is 0 Å². The molecule has 0 rings (SSSR count). The number of ether oxygens (including phenoxy) is 1. The van der Waals surface area contributed by atoms with Gasteiger partial charge >= 0.3 is 5.97 Å². The minimum absolute atomic E-state index is 0.0943. The summed E-state index contributed by atoms with van der Waals surface area (Å²) in [6.07, 6.45) is 1.39. The van der Waals surface area contributed by atoms with E-state index in [4.69, 9.17) is 15.6 Å². The fourth-order valence-electron chi connectivity index (χ4n) is 1.94. The molecule has 0 aliphatic carbocycles. The van der Waals surface area contributed by atoms with Gasteiger partial charge in [0.2, 0.25) is 5.91 Å². The molecule has 0 saturated heterocycles. The Morgan fingerprint density at radius 3 is 2.42 bits per heavy atom. The van der Waals surface area contributed by atoms with Crippen molar-refractivity contribution in [2.45, 2.75) is 39.2 Å². The van der Waals surface area contributed by atoms with E-state index < -0.39 is 12.0 Å². The van der Waals surface area contributed by atoms with Crippen molar-refractivity contribution < 1.29 is 19.4 Å². The maximum atomic E-state index is 11.8. The van der Waals surface area contributed by atoms with E-state index >= 15 is 0 Å². The Morgan fingerprint density at radius 1 is 1.37 bits per heavy atom. The highest BCUT2D eigenvalue weighted by Gasteiger charge is 2.21. The zero-order valence-electron chi connectivity index (χ0n) is 12.0. The summed E-state index contributed by atoms with van der Waals surface area (Å²) in [4.78, 5) is 22.8. The van der Waals surface area contributed by atoms with E-state index in [1.165, 1.54) is 7.11 Å². The summed E-state index contributed by atoms with van der Waals surface area (Å²) < 4.78 is 4.82. The predicted octanol–water partition coefficient (Wildman–Crippen LogP) is 0.603. The summed E-state index contributed by atoms with van der Waals surface area (Å²) in [5.74, 6) is -0.750. The fourth-order valence-corrected chi connectivity index (χ4v) is 1.94. The van der Waals surface area contributed by atoms with Crippen molar-refractivity contribution in [1.29, 1.82) is 0 Å². The Balaban J connectivity index is 4.27. The van der Waals surface area contributed by atoms with Gasteiger partial charge in [-0.25, -0.2) is 4.79 Å². The zero-order chi connectivity index (χ0) is 14.8. The molecule has 0 heterocycles. The summed E-state index contributed by atoms with van der Waals surface area (Å²) in [7, 11) is 1.49. The summed E-state index contributed by atoms with van der Waals surface area (Å²) >= 11 is 0. The molecule has 4 N–H and O–H groups in total. The van der Waals surface area contributed by atoms with E-state index in [0.717, 1.165) is 6.42 Å². The predicted molar refractivity (Wildman–Crippen MR) is 72.7 cm³/mol. The highest BCUT2D eigenvalue weighted by Crippen LogP contribution is 2.14. The molecule has 2 atom stereocenters. The van der Waals surface area contributed by atoms with Crippen molar-refractivity contribution in [1.82, 2.24) is 5.32 Å². The van der Waals surface area contributed by atoms with Crippen LogP contribution >= 0.6 is 0 Å². The van der Waals surface area contributed by atoms with Crippen LogP contribution in [-0.2, 0) is 14.3 Å². The van der Waals surface area contributed by atoms with Gasteiger partial charge in [0.15, 0.2) is 0 Å². The van der Waals surface area contributed by atoms with Gasteiger partial charge in [0.25, 0.3) is 0 Å². The number of nitrogens with two attached hydrogens (primary N) is 1. The number of hydrogen-bond donors (Lipinski definition) is 3. The van der Waals surface area contributed by atoms with Crippen LogP contribution < -0.4 is 11.1 Å². The summed E-state index contributed by atoms with van der Waals surface area (Å²) in [5, 5.41) is 11.5. The normalized spacial score (nSPS) is 14.2. The van der Waals surface area contributed by atoms with Gasteiger partial charge in [-0.3, -0.25) is 4.79 Å². The van der Waals surface area contributed by atoms with E-state index in [2.05, 4.69) is 19.2 Å². The van der Waals surface area contributed by atoms with Gasteiger partial charge in [-0.2, -0.15) is 0 Å². The van der Waals surface area contributed by atoms with E-state index in [0.29, 0.717) is 19.1 Å². The molecule has 2 unspecified atom stereocenters. The quantitative estimate of drug-likeness (QED) is 0.541. The third-order valence-corrected chi connectivity index (χ3v) is 2.86. The van der Waals surface area contributed by atoms with Crippen molar-refractivity contribution in [2.24, 2.45) is 17.6 Å². The molecule has 0 radical (unpaired) electrons. The number of carboxylic acid groups (broad SMARTS) is 1. The molecule has 0 fully saturated rings. The first-order chi connectivity index (χ1) is 8.90. The molecule has 112 valence electrons. The van der Waals surface area contributed by atoms with Crippen LogP contribution in [-0.4, -0.2) is 43.3 Å². The number of methoxy groups -OCH3 is 1. The van der Waals surface area contributed by atoms with Crippen LogP contribution in [0.25, 0.3) is 0 Å². The third kappa shape index (κ3) is 8.56. The number of carboxylic acids is 1. The largest absolute Gasteiger partial charge is 0.480 e. The van der Waals surface area contributed by atoms with Crippen molar-refractivity contribution in [3.63, 3.8) is 0 Å². The number of hydrogen-bond acceptors (Lipinski definition) is 4. The number of carbonyl (C=O) groups excluding carboxylic acids is 1. The SMILES string of the molecule is COCCC(NC(=O)CC(CN)CC(C)C)C(=O)O. The molecular weight excluding hydrogens is 248 g/mol. The number of aliphatic carboxylic acids is 1. The van der Waals surface area contributed by atoms with Crippen LogP contribution in [0.3, 0.4) is 0 Å². The first kappa shape index (κ1) is 17.9. The molecule has 0 aromatic carbocycles. The van der Waals surface area contributed by atoms with Crippen LogP contribution in [0.15, 0.2) is 0 Å². The molecule has 0 spiro atoms. The average Bonchev–Trinajstić information content (AvgIpc) is 2.32. The maximum Gasteiger partial charge on any atom is 0.326 e. The molecule has 0 aliphatic heterocycles. The Hall–Kier alpha value is -1.14. The van der Waals surface area contributed by atoms with Gasteiger partial charge in [0.05, 0.1) is 0 Å². The fraction of sp³-hybridized carbons (Fsp3) is 0.846. The van der Waals surface area contributed by atoms with Gasteiger partial charge < -0.3 is 20.9 Å².